The molecule has 1 fully saturated rings. The van der Waals surface area contributed by atoms with E-state index in [1.807, 2.05) is 35.8 Å². The molecule has 128 valence electrons. The number of hydrogen-bond donors (Lipinski definition) is 1. The number of hydrogen-bond acceptors (Lipinski definition) is 5. The maximum absolute atomic E-state index is 12.1. The molecule has 2 aromatic rings. The average Bonchev–Trinajstić information content (AvgIpc) is 3.32. The van der Waals surface area contributed by atoms with Crippen LogP contribution in [-0.2, 0) is 11.3 Å². The van der Waals surface area contributed by atoms with E-state index in [1.54, 1.807) is 7.11 Å². The Hall–Kier alpha value is -2.02. The van der Waals surface area contributed by atoms with Crippen LogP contribution in [0.25, 0.3) is 11.4 Å². The summed E-state index contributed by atoms with van der Waals surface area (Å²) in [6.45, 7) is 4.70. The summed E-state index contributed by atoms with van der Waals surface area (Å²) in [5.41, 5.74) is 0.979. The van der Waals surface area contributed by atoms with Crippen molar-refractivity contribution < 1.29 is 9.53 Å². The number of thioether (sulfide) groups is 1. The second kappa shape index (κ2) is 7.25. The van der Waals surface area contributed by atoms with Gasteiger partial charge in [0, 0.05) is 18.2 Å². The highest BCUT2D eigenvalue weighted by molar-refractivity contribution is 8.00. The number of carbonyl (C=O) groups is 1. The molecule has 0 bridgehead atoms. The molecule has 1 heterocycles. The van der Waals surface area contributed by atoms with E-state index < -0.39 is 0 Å². The van der Waals surface area contributed by atoms with Gasteiger partial charge >= 0.3 is 0 Å². The summed E-state index contributed by atoms with van der Waals surface area (Å²) in [6.07, 6.45) is 2.19. The van der Waals surface area contributed by atoms with Gasteiger partial charge in [0.2, 0.25) is 5.91 Å². The number of ether oxygens (including phenoxy) is 1. The summed E-state index contributed by atoms with van der Waals surface area (Å²) in [4.78, 5) is 12.1. The Morgan fingerprint density at radius 1 is 1.38 bits per heavy atom. The van der Waals surface area contributed by atoms with Crippen LogP contribution in [0.4, 0.5) is 0 Å². The third kappa shape index (κ3) is 3.72. The number of nitrogens with one attached hydrogen (secondary N) is 1. The van der Waals surface area contributed by atoms with Crippen LogP contribution >= 0.6 is 11.8 Å². The summed E-state index contributed by atoms with van der Waals surface area (Å²) in [7, 11) is 1.65. The lowest BCUT2D eigenvalue weighted by atomic mass is 10.2. The maximum Gasteiger partial charge on any atom is 0.233 e. The van der Waals surface area contributed by atoms with Gasteiger partial charge in [0.1, 0.15) is 5.75 Å². The zero-order valence-corrected chi connectivity index (χ0v) is 15.0. The highest BCUT2D eigenvalue weighted by Gasteiger charge is 2.27. The Balaban J connectivity index is 1.76. The van der Waals surface area contributed by atoms with Gasteiger partial charge in [-0.05, 0) is 51.0 Å². The van der Waals surface area contributed by atoms with E-state index in [0.717, 1.165) is 41.7 Å². The maximum atomic E-state index is 12.1. The monoisotopic (exact) mass is 346 g/mol. The van der Waals surface area contributed by atoms with E-state index in [4.69, 9.17) is 4.74 Å². The van der Waals surface area contributed by atoms with Crippen molar-refractivity contribution in [3.63, 3.8) is 0 Å². The second-order valence-corrected chi connectivity index (χ2v) is 7.13. The molecule has 0 unspecified atom stereocenters. The molecule has 1 atom stereocenters. The van der Waals surface area contributed by atoms with Gasteiger partial charge in [-0.2, -0.15) is 0 Å². The van der Waals surface area contributed by atoms with Crippen LogP contribution in [0.3, 0.4) is 0 Å². The topological polar surface area (TPSA) is 69.0 Å². The summed E-state index contributed by atoms with van der Waals surface area (Å²) >= 11 is 1.45. The van der Waals surface area contributed by atoms with Gasteiger partial charge in [0.25, 0.3) is 0 Å². The number of rotatable bonds is 7. The first-order chi connectivity index (χ1) is 11.6. The predicted octanol–water partition coefficient (Wildman–Crippen LogP) is 2.73. The molecule has 1 aliphatic carbocycles. The molecule has 1 aromatic carbocycles. The quantitative estimate of drug-likeness (QED) is 0.781. The van der Waals surface area contributed by atoms with Crippen molar-refractivity contribution in [3.8, 4) is 17.1 Å². The molecule has 6 nitrogen and oxygen atoms in total. The standard InChI is InChI=1S/C17H22N4O2S/c1-4-21-15(12-5-9-14(23-3)10-6-12)19-20-17(21)24-11(2)16(22)18-13-7-8-13/h5-6,9-11,13H,4,7-8H2,1-3H3,(H,18,22)/t11-/m1/s1. The Bertz CT molecular complexity index is 710. The molecule has 1 saturated carbocycles. The second-order valence-electron chi connectivity index (χ2n) is 5.82. The number of aromatic nitrogens is 3. The fourth-order valence-electron chi connectivity index (χ4n) is 2.37. The predicted molar refractivity (Wildman–Crippen MR) is 94.2 cm³/mol. The molecule has 7 heteroatoms. The van der Waals surface area contributed by atoms with Crippen LogP contribution in [0.15, 0.2) is 29.4 Å². The van der Waals surface area contributed by atoms with Crippen LogP contribution in [0.2, 0.25) is 0 Å². The van der Waals surface area contributed by atoms with Crippen molar-refractivity contribution in [3.05, 3.63) is 24.3 Å². The third-order valence-electron chi connectivity index (χ3n) is 3.96. The molecule has 1 amide bonds. The van der Waals surface area contributed by atoms with E-state index in [2.05, 4.69) is 22.4 Å². The number of nitrogens with zero attached hydrogens (tertiary/aromatic N) is 3. The largest absolute Gasteiger partial charge is 0.497 e. The van der Waals surface area contributed by atoms with E-state index in [0.29, 0.717) is 6.04 Å². The lowest BCUT2D eigenvalue weighted by molar-refractivity contribution is -0.120. The summed E-state index contributed by atoms with van der Waals surface area (Å²) in [5, 5.41) is 12.2. The lowest BCUT2D eigenvalue weighted by Gasteiger charge is -2.12. The minimum Gasteiger partial charge on any atom is -0.497 e. The molecule has 1 N–H and O–H groups in total. The van der Waals surface area contributed by atoms with Gasteiger partial charge in [-0.25, -0.2) is 0 Å². The first-order valence-corrected chi connectivity index (χ1v) is 9.05. The molecular formula is C17H22N4O2S. The molecule has 0 aliphatic heterocycles. The minimum absolute atomic E-state index is 0.0687. The molecule has 1 aromatic heterocycles. The van der Waals surface area contributed by atoms with Crippen LogP contribution in [0.1, 0.15) is 26.7 Å². The lowest BCUT2D eigenvalue weighted by Crippen LogP contribution is -2.32. The SMILES string of the molecule is CCn1c(S[C@H](C)C(=O)NC2CC2)nnc1-c1ccc(OC)cc1. The zero-order valence-electron chi connectivity index (χ0n) is 14.2. The molecule has 24 heavy (non-hydrogen) atoms. The summed E-state index contributed by atoms with van der Waals surface area (Å²) in [6, 6.07) is 8.12. The Morgan fingerprint density at radius 3 is 2.67 bits per heavy atom. The van der Waals surface area contributed by atoms with E-state index in [-0.39, 0.29) is 11.2 Å². The van der Waals surface area contributed by atoms with Crippen LogP contribution < -0.4 is 10.1 Å². The zero-order chi connectivity index (χ0) is 17.1. The van der Waals surface area contributed by atoms with Gasteiger partial charge in [-0.3, -0.25) is 4.79 Å². The van der Waals surface area contributed by atoms with E-state index >= 15 is 0 Å². The Morgan fingerprint density at radius 2 is 2.08 bits per heavy atom. The number of methoxy groups -OCH3 is 1. The highest BCUT2D eigenvalue weighted by Crippen LogP contribution is 2.28. The normalized spacial score (nSPS) is 15.1. The fraction of sp³-hybridized carbons (Fsp3) is 0.471. The minimum atomic E-state index is -0.191. The average molecular weight is 346 g/mol. The Labute approximate surface area is 146 Å². The molecule has 0 radical (unpaired) electrons. The van der Waals surface area contributed by atoms with Gasteiger partial charge in [0.15, 0.2) is 11.0 Å². The van der Waals surface area contributed by atoms with Gasteiger partial charge in [-0.15, -0.1) is 10.2 Å². The summed E-state index contributed by atoms with van der Waals surface area (Å²) in [5.74, 6) is 1.68. The van der Waals surface area contributed by atoms with Gasteiger partial charge in [-0.1, -0.05) is 11.8 Å². The van der Waals surface area contributed by atoms with Crippen molar-refractivity contribution in [2.24, 2.45) is 0 Å². The fourth-order valence-corrected chi connectivity index (χ4v) is 3.29. The van der Waals surface area contributed by atoms with Crippen molar-refractivity contribution in [2.45, 2.75) is 49.7 Å². The number of carbonyl (C=O) groups excluding carboxylic acids is 1. The van der Waals surface area contributed by atoms with Crippen LogP contribution in [0.5, 0.6) is 5.75 Å². The summed E-state index contributed by atoms with van der Waals surface area (Å²) < 4.78 is 7.23. The van der Waals surface area contributed by atoms with Crippen molar-refractivity contribution >= 4 is 17.7 Å². The first kappa shape index (κ1) is 16.8. The van der Waals surface area contributed by atoms with Crippen molar-refractivity contribution in [1.29, 1.82) is 0 Å². The molecule has 0 saturated heterocycles. The molecule has 0 spiro atoms. The number of benzene rings is 1. The van der Waals surface area contributed by atoms with Crippen LogP contribution in [-0.4, -0.2) is 39.1 Å². The molecule has 3 rings (SSSR count). The Kier molecular flexibility index (Phi) is 5.08. The van der Waals surface area contributed by atoms with E-state index in [9.17, 15) is 4.79 Å². The number of amides is 1. The smallest absolute Gasteiger partial charge is 0.233 e. The van der Waals surface area contributed by atoms with E-state index in [1.165, 1.54) is 11.8 Å². The van der Waals surface area contributed by atoms with Gasteiger partial charge < -0.3 is 14.6 Å². The molecular weight excluding hydrogens is 324 g/mol. The third-order valence-corrected chi connectivity index (χ3v) is 5.04. The van der Waals surface area contributed by atoms with Crippen molar-refractivity contribution in [1.82, 2.24) is 20.1 Å². The van der Waals surface area contributed by atoms with Gasteiger partial charge in [0.05, 0.1) is 12.4 Å². The first-order valence-electron chi connectivity index (χ1n) is 8.17. The highest BCUT2D eigenvalue weighted by atomic mass is 32.2. The van der Waals surface area contributed by atoms with Crippen LogP contribution in [0, 0.1) is 0 Å². The van der Waals surface area contributed by atoms with Crippen molar-refractivity contribution in [2.75, 3.05) is 7.11 Å². The molecule has 1 aliphatic rings.